The van der Waals surface area contributed by atoms with E-state index < -0.39 is 34.5 Å². The molecule has 1 aromatic carbocycles. The van der Waals surface area contributed by atoms with Gasteiger partial charge < -0.3 is 15.0 Å². The van der Waals surface area contributed by atoms with Crippen LogP contribution in [-0.2, 0) is 9.53 Å². The molecule has 10 heteroatoms. The number of nitro groups is 1. The quantitative estimate of drug-likeness (QED) is 0.425. The number of esters is 1. The van der Waals surface area contributed by atoms with Crippen molar-refractivity contribution in [2.24, 2.45) is 0 Å². The summed E-state index contributed by atoms with van der Waals surface area (Å²) >= 11 is 0. The van der Waals surface area contributed by atoms with Crippen LogP contribution in [0.3, 0.4) is 0 Å². The SMILES string of the molecule is C[C@H](OC(=O)c1ccc(N2CCCCC2)c([N+](=O)[O-])c1)C(=O)NC(=O)NC(C)(C)C. The summed E-state index contributed by atoms with van der Waals surface area (Å²) in [6, 6.07) is 3.41. The number of carbonyl (C=O) groups is 3. The summed E-state index contributed by atoms with van der Waals surface area (Å²) in [6.45, 7) is 8.01. The smallest absolute Gasteiger partial charge is 0.339 e. The Balaban J connectivity index is 2.07. The van der Waals surface area contributed by atoms with Gasteiger partial charge in [-0.25, -0.2) is 9.59 Å². The minimum Gasteiger partial charge on any atom is -0.449 e. The highest BCUT2D eigenvalue weighted by Gasteiger charge is 2.26. The molecule has 1 atom stereocenters. The molecule has 0 radical (unpaired) electrons. The summed E-state index contributed by atoms with van der Waals surface area (Å²) in [5, 5.41) is 16.2. The molecule has 30 heavy (non-hydrogen) atoms. The Kier molecular flexibility index (Phi) is 7.36. The lowest BCUT2D eigenvalue weighted by molar-refractivity contribution is -0.384. The molecule has 164 valence electrons. The van der Waals surface area contributed by atoms with E-state index in [1.54, 1.807) is 20.8 Å². The number of anilines is 1. The van der Waals surface area contributed by atoms with E-state index in [1.165, 1.54) is 19.1 Å². The van der Waals surface area contributed by atoms with Gasteiger partial charge in [0.2, 0.25) is 0 Å². The Morgan fingerprint density at radius 1 is 1.17 bits per heavy atom. The number of nitro benzene ring substituents is 1. The Morgan fingerprint density at radius 3 is 2.37 bits per heavy atom. The fourth-order valence-corrected chi connectivity index (χ4v) is 3.07. The van der Waals surface area contributed by atoms with Crippen LogP contribution in [0.15, 0.2) is 18.2 Å². The predicted molar refractivity (Wildman–Crippen MR) is 110 cm³/mol. The number of amides is 3. The van der Waals surface area contributed by atoms with Crippen LogP contribution in [-0.4, -0.2) is 47.6 Å². The molecule has 1 aliphatic rings. The van der Waals surface area contributed by atoms with E-state index in [-0.39, 0.29) is 11.3 Å². The average molecular weight is 420 g/mol. The molecule has 1 saturated heterocycles. The number of urea groups is 1. The maximum absolute atomic E-state index is 12.4. The van der Waals surface area contributed by atoms with Gasteiger partial charge in [0.15, 0.2) is 6.10 Å². The third kappa shape index (κ3) is 6.43. The number of rotatable bonds is 5. The molecule has 0 bridgehead atoms. The molecule has 10 nitrogen and oxygen atoms in total. The van der Waals surface area contributed by atoms with Crippen molar-refractivity contribution < 1.29 is 24.0 Å². The highest BCUT2D eigenvalue weighted by Crippen LogP contribution is 2.31. The molecule has 3 amide bonds. The van der Waals surface area contributed by atoms with Crippen LogP contribution in [0.25, 0.3) is 0 Å². The Bertz CT molecular complexity index is 827. The molecule has 1 aromatic rings. The monoisotopic (exact) mass is 420 g/mol. The number of hydrogen-bond donors (Lipinski definition) is 2. The second-order valence-electron chi connectivity index (χ2n) is 8.25. The van der Waals surface area contributed by atoms with Crippen molar-refractivity contribution in [3.05, 3.63) is 33.9 Å². The van der Waals surface area contributed by atoms with Gasteiger partial charge >= 0.3 is 12.0 Å². The standard InChI is InChI=1S/C20H28N4O6/c1-13(17(25)21-19(27)22-20(2,3)4)30-18(26)14-8-9-15(16(12-14)24(28)29)23-10-6-5-7-11-23/h8-9,12-13H,5-7,10-11H2,1-4H3,(H2,21,22,25,27)/t13-/m0/s1. The normalized spacial score (nSPS) is 15.1. The van der Waals surface area contributed by atoms with Gasteiger partial charge in [-0.2, -0.15) is 0 Å². The number of imide groups is 1. The maximum atomic E-state index is 12.4. The van der Waals surface area contributed by atoms with Crippen LogP contribution in [0.2, 0.25) is 0 Å². The molecule has 1 aliphatic heterocycles. The summed E-state index contributed by atoms with van der Waals surface area (Å²) in [6.07, 6.45) is 1.74. The third-order valence-electron chi connectivity index (χ3n) is 4.48. The number of carbonyl (C=O) groups excluding carboxylic acids is 3. The zero-order valence-electron chi connectivity index (χ0n) is 17.7. The summed E-state index contributed by atoms with van der Waals surface area (Å²) in [5.74, 6) is -1.69. The first-order valence-corrected chi connectivity index (χ1v) is 9.85. The molecule has 0 aliphatic carbocycles. The Morgan fingerprint density at radius 2 is 1.80 bits per heavy atom. The first kappa shape index (κ1) is 23.1. The van der Waals surface area contributed by atoms with Crippen molar-refractivity contribution in [1.82, 2.24) is 10.6 Å². The topological polar surface area (TPSA) is 131 Å². The van der Waals surface area contributed by atoms with Gasteiger partial charge in [-0.3, -0.25) is 20.2 Å². The van der Waals surface area contributed by atoms with E-state index in [9.17, 15) is 24.5 Å². The fraction of sp³-hybridized carbons (Fsp3) is 0.550. The minimum absolute atomic E-state index is 0.0405. The van der Waals surface area contributed by atoms with Gasteiger partial charge in [-0.05, 0) is 59.1 Å². The van der Waals surface area contributed by atoms with Crippen molar-refractivity contribution in [1.29, 1.82) is 0 Å². The highest BCUT2D eigenvalue weighted by molar-refractivity contribution is 5.99. The van der Waals surface area contributed by atoms with Crippen molar-refractivity contribution in [2.45, 2.75) is 58.6 Å². The van der Waals surface area contributed by atoms with Gasteiger partial charge in [-0.1, -0.05) is 0 Å². The van der Waals surface area contributed by atoms with E-state index in [2.05, 4.69) is 10.6 Å². The number of nitrogens with one attached hydrogen (secondary N) is 2. The predicted octanol–water partition coefficient (Wildman–Crippen LogP) is 2.75. The Labute approximate surface area is 175 Å². The lowest BCUT2D eigenvalue weighted by Gasteiger charge is -2.28. The zero-order valence-corrected chi connectivity index (χ0v) is 17.7. The summed E-state index contributed by atoms with van der Waals surface area (Å²) < 4.78 is 5.08. The molecule has 1 heterocycles. The van der Waals surface area contributed by atoms with Gasteiger partial charge in [0.25, 0.3) is 11.6 Å². The first-order valence-electron chi connectivity index (χ1n) is 9.85. The molecule has 1 fully saturated rings. The number of hydrogen-bond acceptors (Lipinski definition) is 7. The molecule has 0 aromatic heterocycles. The van der Waals surface area contributed by atoms with Crippen LogP contribution >= 0.6 is 0 Å². The lowest BCUT2D eigenvalue weighted by atomic mass is 10.1. The highest BCUT2D eigenvalue weighted by atomic mass is 16.6. The van der Waals surface area contributed by atoms with Gasteiger partial charge in [0.05, 0.1) is 10.5 Å². The molecule has 2 N–H and O–H groups in total. The second-order valence-corrected chi connectivity index (χ2v) is 8.25. The number of ether oxygens (including phenoxy) is 1. The van der Waals surface area contributed by atoms with Crippen LogP contribution in [0, 0.1) is 10.1 Å². The zero-order chi connectivity index (χ0) is 22.5. The minimum atomic E-state index is -1.26. The molecular weight excluding hydrogens is 392 g/mol. The van der Waals surface area contributed by atoms with E-state index in [1.807, 2.05) is 4.90 Å². The Hall–Kier alpha value is -3.17. The van der Waals surface area contributed by atoms with Gasteiger partial charge in [0, 0.05) is 24.7 Å². The number of benzene rings is 1. The summed E-state index contributed by atoms with van der Waals surface area (Å²) in [7, 11) is 0. The van der Waals surface area contributed by atoms with E-state index in [4.69, 9.17) is 4.74 Å². The molecule has 0 saturated carbocycles. The van der Waals surface area contributed by atoms with Gasteiger partial charge in [-0.15, -0.1) is 0 Å². The van der Waals surface area contributed by atoms with Gasteiger partial charge in [0.1, 0.15) is 5.69 Å². The van der Waals surface area contributed by atoms with Crippen LogP contribution in [0.4, 0.5) is 16.2 Å². The molecular formula is C20H28N4O6. The summed E-state index contributed by atoms with van der Waals surface area (Å²) in [5.41, 5.74) is -0.311. The molecule has 2 rings (SSSR count). The van der Waals surface area contributed by atoms with Crippen LogP contribution in [0.5, 0.6) is 0 Å². The fourth-order valence-electron chi connectivity index (χ4n) is 3.07. The van der Waals surface area contributed by atoms with E-state index in [0.29, 0.717) is 5.69 Å². The molecule has 0 spiro atoms. The number of nitrogens with zero attached hydrogens (tertiary/aromatic N) is 2. The first-order chi connectivity index (χ1) is 14.0. The largest absolute Gasteiger partial charge is 0.449 e. The van der Waals surface area contributed by atoms with Crippen LogP contribution < -0.4 is 15.5 Å². The number of piperidine rings is 1. The van der Waals surface area contributed by atoms with E-state index >= 15 is 0 Å². The van der Waals surface area contributed by atoms with Crippen molar-refractivity contribution in [3.63, 3.8) is 0 Å². The molecule has 0 unspecified atom stereocenters. The maximum Gasteiger partial charge on any atom is 0.339 e. The van der Waals surface area contributed by atoms with Crippen LogP contribution in [0.1, 0.15) is 57.3 Å². The lowest BCUT2D eigenvalue weighted by Crippen LogP contribution is -2.50. The van der Waals surface area contributed by atoms with Crippen molar-refractivity contribution >= 4 is 29.3 Å². The average Bonchev–Trinajstić information content (AvgIpc) is 2.66. The van der Waals surface area contributed by atoms with E-state index in [0.717, 1.165) is 38.4 Å². The van der Waals surface area contributed by atoms with Crippen molar-refractivity contribution in [2.75, 3.05) is 18.0 Å². The summed E-state index contributed by atoms with van der Waals surface area (Å²) in [4.78, 5) is 49.2. The van der Waals surface area contributed by atoms with Crippen molar-refractivity contribution in [3.8, 4) is 0 Å². The third-order valence-corrected chi connectivity index (χ3v) is 4.48. The second kappa shape index (κ2) is 9.55.